The van der Waals surface area contributed by atoms with Gasteiger partial charge in [-0.05, 0) is 105 Å². The number of benzene rings is 10. The van der Waals surface area contributed by atoms with Crippen molar-refractivity contribution >= 4 is 34.1 Å². The first kappa shape index (κ1) is 38.0. The van der Waals surface area contributed by atoms with Crippen LogP contribution in [0, 0.1) is 0 Å². The molecule has 0 atom stereocenters. The molecule has 2 heteroatoms. The van der Waals surface area contributed by atoms with Gasteiger partial charge < -0.3 is 9.80 Å². The van der Waals surface area contributed by atoms with Gasteiger partial charge >= 0.3 is 0 Å². The van der Waals surface area contributed by atoms with Gasteiger partial charge in [0.15, 0.2) is 0 Å². The molecule has 0 heterocycles. The van der Waals surface area contributed by atoms with Gasteiger partial charge in [0.2, 0.25) is 0 Å². The summed E-state index contributed by atoms with van der Waals surface area (Å²) in [5.41, 5.74) is 18.0. The fourth-order valence-electron chi connectivity index (χ4n) is 8.38. The predicted molar refractivity (Wildman–Crippen MR) is 263 cm³/mol. The van der Waals surface area contributed by atoms with Gasteiger partial charge in [-0.1, -0.05) is 206 Å². The molecule has 10 rings (SSSR count). The molecule has 0 aliphatic heterocycles. The molecule has 0 aliphatic rings. The molecular formula is C60H44N2. The molecule has 0 saturated carbocycles. The van der Waals surface area contributed by atoms with Crippen LogP contribution in [0.25, 0.3) is 55.6 Å². The van der Waals surface area contributed by atoms with E-state index in [0.29, 0.717) is 0 Å². The Bertz CT molecular complexity index is 2910. The van der Waals surface area contributed by atoms with Crippen LogP contribution in [-0.4, -0.2) is 0 Å². The molecule has 0 aromatic heterocycles. The molecule has 0 aliphatic carbocycles. The van der Waals surface area contributed by atoms with Crippen LogP contribution in [0.2, 0.25) is 0 Å². The van der Waals surface area contributed by atoms with Crippen molar-refractivity contribution in [3.63, 3.8) is 0 Å². The van der Waals surface area contributed by atoms with Crippen molar-refractivity contribution in [1.82, 2.24) is 0 Å². The van der Waals surface area contributed by atoms with Crippen LogP contribution in [0.5, 0.6) is 0 Å². The van der Waals surface area contributed by atoms with Gasteiger partial charge in [0.25, 0.3) is 0 Å². The van der Waals surface area contributed by atoms with E-state index in [4.69, 9.17) is 0 Å². The number of hydrogen-bond acceptors (Lipinski definition) is 2. The van der Waals surface area contributed by atoms with Gasteiger partial charge in [-0.15, -0.1) is 0 Å². The lowest BCUT2D eigenvalue weighted by Crippen LogP contribution is -2.15. The summed E-state index contributed by atoms with van der Waals surface area (Å²) in [7, 11) is 0. The molecule has 10 aromatic carbocycles. The molecule has 0 N–H and O–H groups in total. The number of anilines is 6. The van der Waals surface area contributed by atoms with E-state index in [1.807, 2.05) is 0 Å². The third-order valence-electron chi connectivity index (χ3n) is 11.5. The third kappa shape index (κ3) is 7.93. The number of hydrogen-bond donors (Lipinski definition) is 0. The van der Waals surface area contributed by atoms with Gasteiger partial charge in [0.1, 0.15) is 0 Å². The summed E-state index contributed by atoms with van der Waals surface area (Å²) in [6.45, 7) is 0. The second kappa shape index (κ2) is 17.6. The molecule has 0 radical (unpaired) electrons. The molecule has 0 bridgehead atoms. The average Bonchev–Trinajstić information content (AvgIpc) is 3.36. The maximum atomic E-state index is 2.42. The molecule has 10 aromatic rings. The first-order valence-corrected chi connectivity index (χ1v) is 21.2. The van der Waals surface area contributed by atoms with E-state index >= 15 is 0 Å². The summed E-state index contributed by atoms with van der Waals surface area (Å²) < 4.78 is 0. The van der Waals surface area contributed by atoms with Gasteiger partial charge in [-0.3, -0.25) is 0 Å². The molecule has 0 amide bonds. The topological polar surface area (TPSA) is 6.48 Å². The highest BCUT2D eigenvalue weighted by Crippen LogP contribution is 2.50. The third-order valence-corrected chi connectivity index (χ3v) is 11.5. The van der Waals surface area contributed by atoms with Crippen LogP contribution in [0.1, 0.15) is 0 Å². The van der Waals surface area contributed by atoms with Crippen molar-refractivity contribution in [2.24, 2.45) is 0 Å². The highest BCUT2D eigenvalue weighted by molar-refractivity contribution is 5.99. The minimum atomic E-state index is 1.06. The van der Waals surface area contributed by atoms with Crippen LogP contribution in [0.4, 0.5) is 34.1 Å². The Morgan fingerprint density at radius 1 is 0.177 bits per heavy atom. The van der Waals surface area contributed by atoms with Crippen molar-refractivity contribution < 1.29 is 0 Å². The highest BCUT2D eigenvalue weighted by Gasteiger charge is 2.25. The van der Waals surface area contributed by atoms with Gasteiger partial charge in [0, 0.05) is 33.9 Å². The first-order chi connectivity index (χ1) is 30.8. The second-order valence-corrected chi connectivity index (χ2v) is 15.4. The SMILES string of the molecule is c1ccc(-c2ccc(N(c3ccccc3)c3cc(N(c4ccc(-c5ccccc5)cc4)c4ccc(-c5ccccc5)cc4)c(-c4ccccc4)cc3-c3ccccc3)cc2)cc1. The molecule has 0 spiro atoms. The van der Waals surface area contributed by atoms with Crippen LogP contribution in [0.3, 0.4) is 0 Å². The lowest BCUT2D eigenvalue weighted by molar-refractivity contribution is 1.25. The molecular weight excluding hydrogens is 749 g/mol. The molecule has 2 nitrogen and oxygen atoms in total. The monoisotopic (exact) mass is 792 g/mol. The lowest BCUT2D eigenvalue weighted by atomic mass is 9.93. The van der Waals surface area contributed by atoms with E-state index < -0.39 is 0 Å². The highest BCUT2D eigenvalue weighted by atomic mass is 15.2. The fourth-order valence-corrected chi connectivity index (χ4v) is 8.38. The Hall–Kier alpha value is -8.20. The molecule has 62 heavy (non-hydrogen) atoms. The standard InChI is InChI=1S/C60H44N2/c1-7-19-45(20-8-1)48-31-37-54(38-32-48)61(53-29-17-6-18-30-53)59-44-60(58(52-27-15-5-16-28-52)43-57(59)51-25-13-4-14-26-51)62(55-39-33-49(34-40-55)46-21-9-2-10-22-46)56-41-35-50(36-42-56)47-23-11-3-12-24-47/h1-44H. The Kier molecular flexibility index (Phi) is 10.8. The summed E-state index contributed by atoms with van der Waals surface area (Å²) in [6.07, 6.45) is 0. The summed E-state index contributed by atoms with van der Waals surface area (Å²) in [5, 5.41) is 0. The summed E-state index contributed by atoms with van der Waals surface area (Å²) in [5.74, 6) is 0. The number of rotatable bonds is 11. The minimum Gasteiger partial charge on any atom is -0.310 e. The van der Waals surface area contributed by atoms with Crippen molar-refractivity contribution in [2.75, 3.05) is 9.80 Å². The van der Waals surface area contributed by atoms with Crippen LogP contribution in [-0.2, 0) is 0 Å². The minimum absolute atomic E-state index is 1.06. The van der Waals surface area contributed by atoms with E-state index in [-0.39, 0.29) is 0 Å². The molecule has 0 saturated heterocycles. The lowest BCUT2D eigenvalue weighted by Gasteiger charge is -2.33. The molecule has 0 unspecified atom stereocenters. The van der Waals surface area contributed by atoms with Gasteiger partial charge in [-0.2, -0.15) is 0 Å². The van der Waals surface area contributed by atoms with Crippen LogP contribution < -0.4 is 9.80 Å². The smallest absolute Gasteiger partial charge is 0.0561 e. The maximum absolute atomic E-state index is 2.42. The molecule has 294 valence electrons. The van der Waals surface area contributed by atoms with Crippen molar-refractivity contribution in [3.8, 4) is 55.6 Å². The number of para-hydroxylation sites is 1. The van der Waals surface area contributed by atoms with Crippen molar-refractivity contribution in [3.05, 3.63) is 267 Å². The van der Waals surface area contributed by atoms with Crippen molar-refractivity contribution in [2.45, 2.75) is 0 Å². The summed E-state index contributed by atoms with van der Waals surface area (Å²) in [6, 6.07) is 95.8. The Morgan fingerprint density at radius 3 is 0.694 bits per heavy atom. The molecule has 0 fully saturated rings. The van der Waals surface area contributed by atoms with Crippen LogP contribution >= 0.6 is 0 Å². The average molecular weight is 793 g/mol. The van der Waals surface area contributed by atoms with Crippen molar-refractivity contribution in [1.29, 1.82) is 0 Å². The zero-order chi connectivity index (χ0) is 41.5. The van der Waals surface area contributed by atoms with E-state index in [2.05, 4.69) is 277 Å². The zero-order valence-electron chi connectivity index (χ0n) is 34.3. The van der Waals surface area contributed by atoms with Crippen LogP contribution in [0.15, 0.2) is 267 Å². The number of nitrogens with zero attached hydrogens (tertiary/aromatic N) is 2. The normalized spacial score (nSPS) is 10.9. The Balaban J connectivity index is 1.23. The second-order valence-electron chi connectivity index (χ2n) is 15.4. The fraction of sp³-hybridized carbons (Fsp3) is 0. The van der Waals surface area contributed by atoms with Gasteiger partial charge in [0.05, 0.1) is 11.4 Å². The Morgan fingerprint density at radius 2 is 0.403 bits per heavy atom. The maximum Gasteiger partial charge on any atom is 0.0561 e. The summed E-state index contributed by atoms with van der Waals surface area (Å²) in [4.78, 5) is 4.83. The van der Waals surface area contributed by atoms with Gasteiger partial charge in [-0.25, -0.2) is 0 Å². The van der Waals surface area contributed by atoms with E-state index in [1.54, 1.807) is 0 Å². The van der Waals surface area contributed by atoms with E-state index in [9.17, 15) is 0 Å². The largest absolute Gasteiger partial charge is 0.310 e. The predicted octanol–water partition coefficient (Wildman–Crippen LogP) is 17.0. The zero-order valence-corrected chi connectivity index (χ0v) is 34.3. The Labute approximate surface area is 364 Å². The summed E-state index contributed by atoms with van der Waals surface area (Å²) >= 11 is 0. The van der Waals surface area contributed by atoms with E-state index in [1.165, 1.54) is 33.4 Å². The quantitative estimate of drug-likeness (QED) is 0.129. The first-order valence-electron chi connectivity index (χ1n) is 21.2. The van der Waals surface area contributed by atoms with E-state index in [0.717, 1.165) is 56.4 Å².